The molecule has 3 aromatic rings. The second kappa shape index (κ2) is 6.85. The second-order valence-corrected chi connectivity index (χ2v) is 7.93. The first kappa shape index (κ1) is 17.2. The second-order valence-electron chi connectivity index (χ2n) is 6.13. The van der Waals surface area contributed by atoms with E-state index in [-0.39, 0.29) is 10.6 Å². The average molecular weight is 379 g/mol. The lowest BCUT2D eigenvalue weighted by molar-refractivity contribution is 0.358. The maximum Gasteiger partial charge on any atom is 0.279 e. The van der Waals surface area contributed by atoms with Gasteiger partial charge < -0.3 is 5.11 Å². The zero-order valence-corrected chi connectivity index (χ0v) is 15.1. The monoisotopic (exact) mass is 379 g/mol. The molecule has 136 valence electrons. The first-order valence-corrected chi connectivity index (χ1v) is 9.87. The third-order valence-electron chi connectivity index (χ3n) is 4.42. The molecule has 1 atom stereocenters. The van der Waals surface area contributed by atoms with Gasteiger partial charge in [0.25, 0.3) is 10.0 Å². The third kappa shape index (κ3) is 3.17. The van der Waals surface area contributed by atoms with Crippen LogP contribution in [-0.4, -0.2) is 28.6 Å². The molecule has 7 heteroatoms. The highest BCUT2D eigenvalue weighted by atomic mass is 32.2. The van der Waals surface area contributed by atoms with Crippen molar-refractivity contribution in [2.45, 2.75) is 17.4 Å². The lowest BCUT2D eigenvalue weighted by Gasteiger charge is -2.24. The molecule has 2 heterocycles. The van der Waals surface area contributed by atoms with Crippen molar-refractivity contribution >= 4 is 15.7 Å². The molecule has 0 saturated carbocycles. The highest BCUT2D eigenvalue weighted by Crippen LogP contribution is 2.39. The van der Waals surface area contributed by atoms with Crippen molar-refractivity contribution in [3.05, 3.63) is 90.3 Å². The minimum atomic E-state index is -3.89. The number of aromatic hydroxyl groups is 1. The number of rotatable bonds is 4. The van der Waals surface area contributed by atoms with Crippen LogP contribution in [0.5, 0.6) is 5.75 Å². The summed E-state index contributed by atoms with van der Waals surface area (Å²) < 4.78 is 27.5. The van der Waals surface area contributed by atoms with Crippen LogP contribution in [0.1, 0.15) is 23.7 Å². The normalized spacial score (nSPS) is 17.0. The third-order valence-corrected chi connectivity index (χ3v) is 6.11. The zero-order chi connectivity index (χ0) is 18.9. The Morgan fingerprint density at radius 2 is 1.63 bits per heavy atom. The number of hydrogen-bond donors (Lipinski definition) is 1. The molecule has 0 bridgehead atoms. The van der Waals surface area contributed by atoms with E-state index in [1.807, 2.05) is 6.07 Å². The van der Waals surface area contributed by atoms with Gasteiger partial charge in [0.1, 0.15) is 5.75 Å². The van der Waals surface area contributed by atoms with Gasteiger partial charge in [-0.15, -0.1) is 0 Å². The molecular weight excluding hydrogens is 362 g/mol. The SMILES string of the molecule is O=S(=O)(c1ccccc1)N1N=C(c2ccccn2)C[C@@H]1c1ccccc1O. The summed E-state index contributed by atoms with van der Waals surface area (Å²) in [5.74, 6) is 0.0354. The summed E-state index contributed by atoms with van der Waals surface area (Å²) in [7, 11) is -3.89. The van der Waals surface area contributed by atoms with E-state index in [4.69, 9.17) is 0 Å². The highest BCUT2D eigenvalue weighted by Gasteiger charge is 2.39. The molecule has 0 aliphatic carbocycles. The lowest BCUT2D eigenvalue weighted by atomic mass is 10.0. The maximum atomic E-state index is 13.2. The smallest absolute Gasteiger partial charge is 0.279 e. The number of benzene rings is 2. The summed E-state index contributed by atoms with van der Waals surface area (Å²) in [4.78, 5) is 4.44. The predicted octanol–water partition coefficient (Wildman–Crippen LogP) is 3.33. The van der Waals surface area contributed by atoms with Gasteiger partial charge in [0.15, 0.2) is 0 Å². The van der Waals surface area contributed by atoms with Gasteiger partial charge in [-0.3, -0.25) is 4.98 Å². The maximum absolute atomic E-state index is 13.2. The van der Waals surface area contributed by atoms with Crippen molar-refractivity contribution < 1.29 is 13.5 Å². The molecule has 4 rings (SSSR count). The Morgan fingerprint density at radius 1 is 0.926 bits per heavy atom. The number of phenolic OH excluding ortho intramolecular Hbond substituents is 1. The van der Waals surface area contributed by atoms with Gasteiger partial charge in [-0.25, -0.2) is 0 Å². The van der Waals surface area contributed by atoms with Gasteiger partial charge >= 0.3 is 0 Å². The average Bonchev–Trinajstić information content (AvgIpc) is 3.16. The molecule has 1 N–H and O–H groups in total. The fourth-order valence-electron chi connectivity index (χ4n) is 3.10. The van der Waals surface area contributed by atoms with E-state index >= 15 is 0 Å². The van der Waals surface area contributed by atoms with Gasteiger partial charge in [-0.1, -0.05) is 42.5 Å². The summed E-state index contributed by atoms with van der Waals surface area (Å²) >= 11 is 0. The number of nitrogens with zero attached hydrogens (tertiary/aromatic N) is 3. The number of para-hydroxylation sites is 1. The van der Waals surface area contributed by atoms with Crippen molar-refractivity contribution in [1.29, 1.82) is 0 Å². The van der Waals surface area contributed by atoms with E-state index in [0.717, 1.165) is 4.41 Å². The summed E-state index contributed by atoms with van der Waals surface area (Å²) in [6.07, 6.45) is 1.96. The molecule has 0 fully saturated rings. The van der Waals surface area contributed by atoms with Gasteiger partial charge in [-0.2, -0.15) is 17.9 Å². The fraction of sp³-hybridized carbons (Fsp3) is 0.100. The van der Waals surface area contributed by atoms with Crippen LogP contribution in [0.4, 0.5) is 0 Å². The summed E-state index contributed by atoms with van der Waals surface area (Å²) in [6.45, 7) is 0. The van der Waals surface area contributed by atoms with E-state index in [2.05, 4.69) is 10.1 Å². The number of pyridine rings is 1. The molecule has 1 aliphatic rings. The largest absolute Gasteiger partial charge is 0.508 e. The van der Waals surface area contributed by atoms with Crippen LogP contribution < -0.4 is 0 Å². The molecular formula is C20H17N3O3S. The van der Waals surface area contributed by atoms with E-state index < -0.39 is 16.1 Å². The number of phenols is 1. The quantitative estimate of drug-likeness (QED) is 0.754. The Balaban J connectivity index is 1.83. The van der Waals surface area contributed by atoms with Gasteiger partial charge in [0, 0.05) is 18.2 Å². The van der Waals surface area contributed by atoms with E-state index in [1.165, 1.54) is 12.1 Å². The number of hydrazone groups is 1. The Morgan fingerprint density at radius 3 is 2.33 bits per heavy atom. The Bertz CT molecular complexity index is 1080. The topological polar surface area (TPSA) is 82.9 Å². The standard InChI is InChI=1S/C20H17N3O3S/c24-20-12-5-4-10-16(20)19-14-18(17-11-6-7-13-21-17)22-23(19)27(25,26)15-8-2-1-3-9-15/h1-13,19,24H,14H2/t19-/m1/s1. The number of aromatic nitrogens is 1. The summed E-state index contributed by atoms with van der Waals surface area (Å²) in [5, 5.41) is 14.7. The van der Waals surface area contributed by atoms with E-state index in [1.54, 1.807) is 60.8 Å². The molecule has 1 aromatic heterocycles. The lowest BCUT2D eigenvalue weighted by Crippen LogP contribution is -2.27. The number of hydrogen-bond acceptors (Lipinski definition) is 5. The molecule has 0 radical (unpaired) electrons. The Hall–Kier alpha value is -3.19. The molecule has 0 spiro atoms. The van der Waals surface area contributed by atoms with Crippen molar-refractivity contribution in [3.63, 3.8) is 0 Å². The molecule has 0 saturated heterocycles. The van der Waals surface area contributed by atoms with E-state index in [9.17, 15) is 13.5 Å². The minimum absolute atomic E-state index is 0.0354. The van der Waals surface area contributed by atoms with Crippen LogP contribution in [0, 0.1) is 0 Å². The van der Waals surface area contributed by atoms with Crippen molar-refractivity contribution in [2.75, 3.05) is 0 Å². The number of sulfonamides is 1. The van der Waals surface area contributed by atoms with Crippen LogP contribution in [0.25, 0.3) is 0 Å². The molecule has 6 nitrogen and oxygen atoms in total. The first-order valence-electron chi connectivity index (χ1n) is 8.43. The molecule has 27 heavy (non-hydrogen) atoms. The van der Waals surface area contributed by atoms with Crippen molar-refractivity contribution in [2.24, 2.45) is 5.10 Å². The van der Waals surface area contributed by atoms with Crippen molar-refractivity contribution in [1.82, 2.24) is 9.40 Å². The highest BCUT2D eigenvalue weighted by molar-refractivity contribution is 7.89. The van der Waals surface area contributed by atoms with Crippen LogP contribution in [0.2, 0.25) is 0 Å². The summed E-state index contributed by atoms with van der Waals surface area (Å²) in [6, 6.07) is 19.6. The van der Waals surface area contributed by atoms with Crippen LogP contribution >= 0.6 is 0 Å². The first-order chi connectivity index (χ1) is 13.1. The molecule has 2 aromatic carbocycles. The Labute approximate surface area is 157 Å². The van der Waals surface area contributed by atoms with Gasteiger partial charge in [0.2, 0.25) is 0 Å². The molecule has 0 amide bonds. The van der Waals surface area contributed by atoms with Crippen LogP contribution in [-0.2, 0) is 10.0 Å². The van der Waals surface area contributed by atoms with Gasteiger partial charge in [0.05, 0.1) is 22.3 Å². The van der Waals surface area contributed by atoms with Crippen LogP contribution in [0.15, 0.2) is 89.0 Å². The zero-order valence-electron chi connectivity index (χ0n) is 14.3. The van der Waals surface area contributed by atoms with Crippen LogP contribution in [0.3, 0.4) is 0 Å². The van der Waals surface area contributed by atoms with E-state index in [0.29, 0.717) is 23.4 Å². The molecule has 1 aliphatic heterocycles. The predicted molar refractivity (Wildman–Crippen MR) is 102 cm³/mol. The Kier molecular flexibility index (Phi) is 4.37. The molecule has 0 unspecified atom stereocenters. The minimum Gasteiger partial charge on any atom is -0.508 e. The summed E-state index contributed by atoms with van der Waals surface area (Å²) in [5.41, 5.74) is 1.68. The fourth-order valence-corrected chi connectivity index (χ4v) is 4.55. The van der Waals surface area contributed by atoms with Gasteiger partial charge in [-0.05, 0) is 30.3 Å². The van der Waals surface area contributed by atoms with Crippen molar-refractivity contribution in [3.8, 4) is 5.75 Å².